The summed E-state index contributed by atoms with van der Waals surface area (Å²) in [5.74, 6) is 1.12. The molecule has 2 aromatic carbocycles. The fraction of sp³-hybridized carbons (Fsp3) is 0.355. The number of rotatable bonds is 7. The Hall–Kier alpha value is -4.44. The quantitative estimate of drug-likeness (QED) is 0.321. The number of aromatic nitrogens is 4. The van der Waals surface area contributed by atoms with Gasteiger partial charge in [-0.05, 0) is 81.9 Å². The summed E-state index contributed by atoms with van der Waals surface area (Å²) in [6.45, 7) is 3.85. The minimum atomic E-state index is -0.488. The average Bonchev–Trinajstić information content (AvgIpc) is 3.31. The molecule has 4 aromatic rings. The predicted molar refractivity (Wildman–Crippen MR) is 152 cm³/mol. The molecule has 10 nitrogen and oxygen atoms in total. The number of carbonyl (C=O) groups excluding carboxylic acids is 2. The van der Waals surface area contributed by atoms with Crippen LogP contribution in [-0.4, -0.2) is 70.0 Å². The number of ether oxygens (including phenoxy) is 2. The van der Waals surface area contributed by atoms with Crippen LogP contribution in [0.3, 0.4) is 0 Å². The van der Waals surface area contributed by atoms with Crippen LogP contribution in [0.4, 0.5) is 5.69 Å². The summed E-state index contributed by atoms with van der Waals surface area (Å²) in [6, 6.07) is 13.8. The second-order valence-electron chi connectivity index (χ2n) is 11.2. The predicted octanol–water partition coefficient (Wildman–Crippen LogP) is 3.92. The lowest BCUT2D eigenvalue weighted by atomic mass is 9.88. The first-order valence-electron chi connectivity index (χ1n) is 14.0. The zero-order valence-electron chi connectivity index (χ0n) is 23.5. The van der Waals surface area contributed by atoms with Crippen molar-refractivity contribution in [2.75, 3.05) is 38.8 Å². The number of anilines is 1. The van der Waals surface area contributed by atoms with Crippen LogP contribution in [0.15, 0.2) is 54.9 Å². The molecule has 7 rings (SSSR count). The fourth-order valence-corrected chi connectivity index (χ4v) is 6.06. The first kappa shape index (κ1) is 25.5. The van der Waals surface area contributed by atoms with Gasteiger partial charge < -0.3 is 23.8 Å². The Bertz CT molecular complexity index is 1660. The number of nitrogens with zero attached hydrogens (tertiary/aromatic N) is 6. The van der Waals surface area contributed by atoms with Gasteiger partial charge in [0.2, 0.25) is 0 Å². The summed E-state index contributed by atoms with van der Waals surface area (Å²) in [5, 5.41) is 4.74. The van der Waals surface area contributed by atoms with Crippen molar-refractivity contribution in [1.82, 2.24) is 24.2 Å². The number of fused-ring (bicyclic) bond motifs is 3. The van der Waals surface area contributed by atoms with Crippen LogP contribution in [0.2, 0.25) is 0 Å². The van der Waals surface area contributed by atoms with Crippen molar-refractivity contribution in [3.63, 3.8) is 0 Å². The van der Waals surface area contributed by atoms with E-state index >= 15 is 0 Å². The Kier molecular flexibility index (Phi) is 5.97. The maximum Gasteiger partial charge on any atom is 0.359 e. The van der Waals surface area contributed by atoms with E-state index < -0.39 is 5.97 Å². The summed E-state index contributed by atoms with van der Waals surface area (Å²) in [7, 11) is 4.03. The molecule has 0 atom stereocenters. The van der Waals surface area contributed by atoms with Crippen LogP contribution in [0, 0.1) is 0 Å². The van der Waals surface area contributed by atoms with E-state index in [0.717, 1.165) is 59.0 Å². The lowest BCUT2D eigenvalue weighted by Crippen LogP contribution is -2.44. The molecule has 1 aliphatic carbocycles. The van der Waals surface area contributed by atoms with E-state index in [9.17, 15) is 9.59 Å². The zero-order valence-corrected chi connectivity index (χ0v) is 23.5. The van der Waals surface area contributed by atoms with Crippen molar-refractivity contribution < 1.29 is 19.1 Å². The largest absolute Gasteiger partial charge is 0.493 e. The van der Waals surface area contributed by atoms with Gasteiger partial charge in [-0.3, -0.25) is 4.79 Å². The molecule has 0 radical (unpaired) electrons. The standard InChI is InChI=1S/C31H32N6O4/c1-4-40-30(39)27-26-28(37(33-27)23-9-10-24-20(17-23)11-16-41-24)29(38)36(19-31(26)12-13-31)22-7-5-21(6-8-22)35-15-14-32-25(35)18-34(2)3/h5-10,14-15,17H,4,11-13,16,18-19H2,1-3H3. The van der Waals surface area contributed by atoms with E-state index in [2.05, 4.69) is 14.5 Å². The van der Waals surface area contributed by atoms with Crippen LogP contribution in [0.1, 0.15) is 57.7 Å². The smallest absolute Gasteiger partial charge is 0.359 e. The number of amides is 1. The Morgan fingerprint density at radius 1 is 1.10 bits per heavy atom. The highest BCUT2D eigenvalue weighted by Crippen LogP contribution is 2.54. The van der Waals surface area contributed by atoms with E-state index in [1.54, 1.807) is 17.8 Å². The van der Waals surface area contributed by atoms with Gasteiger partial charge in [-0.1, -0.05) is 0 Å². The Morgan fingerprint density at radius 2 is 1.85 bits per heavy atom. The van der Waals surface area contributed by atoms with Crippen LogP contribution in [0.25, 0.3) is 11.4 Å². The fourth-order valence-electron chi connectivity index (χ4n) is 6.06. The molecule has 2 aromatic heterocycles. The van der Waals surface area contributed by atoms with Crippen molar-refractivity contribution >= 4 is 17.6 Å². The van der Waals surface area contributed by atoms with E-state index in [1.165, 1.54) is 0 Å². The van der Waals surface area contributed by atoms with Crippen LogP contribution in [-0.2, 0) is 23.1 Å². The van der Waals surface area contributed by atoms with Crippen molar-refractivity contribution in [1.29, 1.82) is 0 Å². The van der Waals surface area contributed by atoms with E-state index in [0.29, 0.717) is 25.4 Å². The molecule has 4 heterocycles. The van der Waals surface area contributed by atoms with E-state index in [-0.39, 0.29) is 23.6 Å². The second kappa shape index (κ2) is 9.59. The Balaban J connectivity index is 1.30. The molecule has 1 spiro atoms. The lowest BCUT2D eigenvalue weighted by Gasteiger charge is -2.33. The monoisotopic (exact) mass is 552 g/mol. The zero-order chi connectivity index (χ0) is 28.3. The Labute approximate surface area is 238 Å². The number of benzene rings is 2. The number of esters is 1. The SMILES string of the molecule is CCOC(=O)c1nn(-c2ccc3c(c2)CCO3)c2c1C1(CC1)CN(c1ccc(-n3ccnc3CN(C)C)cc1)C2=O. The molecule has 210 valence electrons. The van der Waals surface area contributed by atoms with Gasteiger partial charge in [-0.2, -0.15) is 5.10 Å². The molecule has 3 aliphatic rings. The summed E-state index contributed by atoms with van der Waals surface area (Å²) in [5.41, 5.74) is 4.64. The molecule has 0 unspecified atom stereocenters. The highest BCUT2D eigenvalue weighted by atomic mass is 16.5. The Morgan fingerprint density at radius 3 is 2.59 bits per heavy atom. The van der Waals surface area contributed by atoms with Crippen molar-refractivity contribution in [2.45, 2.75) is 38.1 Å². The summed E-state index contributed by atoms with van der Waals surface area (Å²) >= 11 is 0. The molecule has 1 fully saturated rings. The van der Waals surface area contributed by atoms with Gasteiger partial charge in [-0.25, -0.2) is 14.5 Å². The van der Waals surface area contributed by atoms with E-state index in [4.69, 9.17) is 14.6 Å². The number of imidazole rings is 1. The minimum absolute atomic E-state index is 0.180. The second-order valence-corrected chi connectivity index (χ2v) is 11.2. The topological polar surface area (TPSA) is 94.7 Å². The molecular formula is C31H32N6O4. The van der Waals surface area contributed by atoms with Gasteiger partial charge in [0.15, 0.2) is 5.69 Å². The molecule has 41 heavy (non-hydrogen) atoms. The molecule has 1 amide bonds. The maximum absolute atomic E-state index is 14.3. The molecule has 0 saturated heterocycles. The van der Waals surface area contributed by atoms with Crippen LogP contribution < -0.4 is 9.64 Å². The number of hydrogen-bond acceptors (Lipinski definition) is 7. The van der Waals surface area contributed by atoms with Gasteiger partial charge in [0.25, 0.3) is 5.91 Å². The van der Waals surface area contributed by atoms with Gasteiger partial charge >= 0.3 is 5.97 Å². The van der Waals surface area contributed by atoms with Gasteiger partial charge in [-0.15, -0.1) is 0 Å². The van der Waals surface area contributed by atoms with Crippen molar-refractivity contribution in [3.8, 4) is 17.1 Å². The van der Waals surface area contributed by atoms with Crippen LogP contribution >= 0.6 is 0 Å². The van der Waals surface area contributed by atoms with Gasteiger partial charge in [0.1, 0.15) is 17.3 Å². The molecule has 2 aliphatic heterocycles. The molecule has 0 N–H and O–H groups in total. The normalized spacial score (nSPS) is 16.6. The summed E-state index contributed by atoms with van der Waals surface area (Å²) < 4.78 is 14.8. The third kappa shape index (κ3) is 4.21. The maximum atomic E-state index is 14.3. The number of carbonyl (C=O) groups is 2. The average molecular weight is 553 g/mol. The number of hydrogen-bond donors (Lipinski definition) is 0. The van der Waals surface area contributed by atoms with Gasteiger partial charge in [0, 0.05) is 47.7 Å². The van der Waals surface area contributed by atoms with Crippen molar-refractivity contribution in [3.05, 3.63) is 83.2 Å². The molecular weight excluding hydrogens is 520 g/mol. The third-order valence-electron chi connectivity index (χ3n) is 8.18. The molecule has 0 bridgehead atoms. The van der Waals surface area contributed by atoms with E-state index in [1.807, 2.05) is 67.7 Å². The first-order chi connectivity index (χ1) is 19.9. The summed E-state index contributed by atoms with van der Waals surface area (Å²) in [6.07, 6.45) is 6.29. The molecule has 10 heteroatoms. The first-order valence-corrected chi connectivity index (χ1v) is 14.0. The minimum Gasteiger partial charge on any atom is -0.493 e. The lowest BCUT2D eigenvalue weighted by molar-refractivity contribution is 0.0516. The molecule has 1 saturated carbocycles. The third-order valence-corrected chi connectivity index (χ3v) is 8.18. The van der Waals surface area contributed by atoms with Crippen molar-refractivity contribution in [2.24, 2.45) is 0 Å². The highest BCUT2D eigenvalue weighted by Gasteiger charge is 2.56. The van der Waals surface area contributed by atoms with Gasteiger partial charge in [0.05, 0.1) is 25.4 Å². The van der Waals surface area contributed by atoms with Crippen LogP contribution in [0.5, 0.6) is 5.75 Å². The summed E-state index contributed by atoms with van der Waals surface area (Å²) in [4.78, 5) is 35.8. The highest BCUT2D eigenvalue weighted by molar-refractivity contribution is 6.10.